The van der Waals surface area contributed by atoms with Crippen molar-refractivity contribution in [1.29, 1.82) is 0 Å². The number of esters is 1. The van der Waals surface area contributed by atoms with Crippen molar-refractivity contribution < 1.29 is 24.5 Å². The highest BCUT2D eigenvalue weighted by atomic mass is 16.5. The van der Waals surface area contributed by atoms with E-state index in [1.807, 2.05) is 6.08 Å². The van der Waals surface area contributed by atoms with Gasteiger partial charge in [0.2, 0.25) is 5.91 Å². The first-order valence-electron chi connectivity index (χ1n) is 25.7. The van der Waals surface area contributed by atoms with Crippen LogP contribution in [0, 0.1) is 0 Å². The first kappa shape index (κ1) is 58.3. The summed E-state index contributed by atoms with van der Waals surface area (Å²) in [5.74, 6) is -0.648. The van der Waals surface area contributed by atoms with E-state index in [1.54, 1.807) is 6.08 Å². The van der Waals surface area contributed by atoms with Crippen LogP contribution in [0.5, 0.6) is 0 Å². The molecule has 0 saturated heterocycles. The normalized spacial score (nSPS) is 13.9. The third-order valence-corrected chi connectivity index (χ3v) is 11.3. The maximum absolute atomic E-state index is 13.2. The smallest absolute Gasteiger partial charge is 0.306 e. The maximum atomic E-state index is 13.2. The van der Waals surface area contributed by atoms with Crippen LogP contribution in [0.25, 0.3) is 0 Å². The molecular weight excluding hydrogens is 755 g/mol. The number of rotatable bonds is 45. The number of aliphatic hydroxyl groups is 2. The molecule has 0 aliphatic heterocycles. The number of unbranched alkanes of at least 4 members (excludes halogenated alkanes) is 23. The first-order chi connectivity index (χ1) is 30.0. The Kier molecular flexibility index (Phi) is 46.2. The Morgan fingerprint density at radius 1 is 0.508 bits per heavy atom. The summed E-state index contributed by atoms with van der Waals surface area (Å²) in [6.07, 6.45) is 61.4. The molecule has 0 aromatic heterocycles. The lowest BCUT2D eigenvalue weighted by Crippen LogP contribution is -2.46. The number of hydrogen-bond donors (Lipinski definition) is 3. The van der Waals surface area contributed by atoms with E-state index in [4.69, 9.17) is 4.74 Å². The number of nitrogens with one attached hydrogen (secondary N) is 1. The van der Waals surface area contributed by atoms with Gasteiger partial charge in [0, 0.05) is 6.42 Å². The van der Waals surface area contributed by atoms with Crippen molar-refractivity contribution >= 4 is 11.9 Å². The average molecular weight is 852 g/mol. The quantitative estimate of drug-likeness (QED) is 0.0322. The van der Waals surface area contributed by atoms with Crippen molar-refractivity contribution in [3.05, 3.63) is 72.9 Å². The SMILES string of the molecule is CC/C=C/C/C=C/C/C=C/C/C=C/C/C=C/C(CC(=O)NC(CO)C(O)CCCCCCCCCCCCCCCCC)OC(=O)CCCCC/C=C\CCCCCCCC. The minimum Gasteiger partial charge on any atom is -0.458 e. The van der Waals surface area contributed by atoms with Gasteiger partial charge in [-0.25, -0.2) is 0 Å². The minimum atomic E-state index is -0.823. The van der Waals surface area contributed by atoms with E-state index in [-0.39, 0.29) is 24.9 Å². The number of carbonyl (C=O) groups is 2. The average Bonchev–Trinajstić information content (AvgIpc) is 3.25. The van der Waals surface area contributed by atoms with Gasteiger partial charge in [-0.2, -0.15) is 0 Å². The van der Waals surface area contributed by atoms with Crippen LogP contribution in [0.15, 0.2) is 72.9 Å². The van der Waals surface area contributed by atoms with Crippen molar-refractivity contribution in [3.63, 3.8) is 0 Å². The number of amides is 1. The molecule has 1 amide bonds. The molecule has 3 atom stereocenters. The molecule has 0 saturated carbocycles. The largest absolute Gasteiger partial charge is 0.458 e. The Labute approximate surface area is 377 Å². The molecule has 352 valence electrons. The van der Waals surface area contributed by atoms with E-state index in [1.165, 1.54) is 116 Å². The van der Waals surface area contributed by atoms with Gasteiger partial charge < -0.3 is 20.3 Å². The number of aliphatic hydroxyl groups excluding tert-OH is 2. The molecule has 3 unspecified atom stereocenters. The molecule has 0 fully saturated rings. The Hall–Kier alpha value is -2.70. The van der Waals surface area contributed by atoms with E-state index in [0.29, 0.717) is 19.3 Å². The third kappa shape index (κ3) is 43.7. The molecule has 3 N–H and O–H groups in total. The van der Waals surface area contributed by atoms with Gasteiger partial charge in [0.15, 0.2) is 0 Å². The summed E-state index contributed by atoms with van der Waals surface area (Å²) in [5.41, 5.74) is 0. The summed E-state index contributed by atoms with van der Waals surface area (Å²) in [5, 5.41) is 23.7. The van der Waals surface area contributed by atoms with Crippen LogP contribution in [0.2, 0.25) is 0 Å². The molecule has 0 aromatic rings. The van der Waals surface area contributed by atoms with Crippen LogP contribution in [0.1, 0.15) is 239 Å². The van der Waals surface area contributed by atoms with Crippen molar-refractivity contribution in [2.45, 2.75) is 257 Å². The highest BCUT2D eigenvalue weighted by Crippen LogP contribution is 2.16. The van der Waals surface area contributed by atoms with Crippen LogP contribution in [0.4, 0.5) is 0 Å². The topological polar surface area (TPSA) is 95.9 Å². The fourth-order valence-corrected chi connectivity index (χ4v) is 7.39. The molecule has 61 heavy (non-hydrogen) atoms. The molecular formula is C55H97NO5. The van der Waals surface area contributed by atoms with Gasteiger partial charge in [-0.1, -0.05) is 222 Å². The van der Waals surface area contributed by atoms with Gasteiger partial charge in [-0.05, 0) is 76.7 Å². The van der Waals surface area contributed by atoms with Crippen LogP contribution in [-0.2, 0) is 14.3 Å². The van der Waals surface area contributed by atoms with Crippen LogP contribution < -0.4 is 5.32 Å². The zero-order chi connectivity index (χ0) is 44.5. The summed E-state index contributed by atoms with van der Waals surface area (Å²) in [7, 11) is 0. The van der Waals surface area contributed by atoms with Gasteiger partial charge in [0.05, 0.1) is 25.2 Å². The molecule has 0 rings (SSSR count). The molecule has 0 aromatic carbocycles. The molecule has 0 aliphatic rings. The van der Waals surface area contributed by atoms with Crippen LogP contribution >= 0.6 is 0 Å². The summed E-state index contributed by atoms with van der Waals surface area (Å²) < 4.78 is 5.81. The fourth-order valence-electron chi connectivity index (χ4n) is 7.39. The monoisotopic (exact) mass is 852 g/mol. The molecule has 0 bridgehead atoms. The van der Waals surface area contributed by atoms with Gasteiger partial charge in [-0.15, -0.1) is 0 Å². The molecule has 0 radical (unpaired) electrons. The van der Waals surface area contributed by atoms with Crippen molar-refractivity contribution in [1.82, 2.24) is 5.32 Å². The number of ether oxygens (including phenoxy) is 1. The number of carbonyl (C=O) groups excluding carboxylic acids is 2. The van der Waals surface area contributed by atoms with E-state index < -0.39 is 18.2 Å². The summed E-state index contributed by atoms with van der Waals surface area (Å²) in [6, 6.07) is -0.747. The fraction of sp³-hybridized carbons (Fsp3) is 0.745. The van der Waals surface area contributed by atoms with Gasteiger partial charge in [-0.3, -0.25) is 9.59 Å². The molecule has 6 nitrogen and oxygen atoms in total. The lowest BCUT2D eigenvalue weighted by molar-refractivity contribution is -0.148. The van der Waals surface area contributed by atoms with Crippen molar-refractivity contribution in [2.75, 3.05) is 6.61 Å². The third-order valence-electron chi connectivity index (χ3n) is 11.3. The van der Waals surface area contributed by atoms with Crippen LogP contribution in [-0.4, -0.2) is 46.9 Å². The molecule has 0 heterocycles. The summed E-state index contributed by atoms with van der Waals surface area (Å²) in [6.45, 7) is 6.32. The zero-order valence-electron chi connectivity index (χ0n) is 40.0. The number of allylic oxidation sites excluding steroid dienone is 11. The Morgan fingerprint density at radius 3 is 1.38 bits per heavy atom. The highest BCUT2D eigenvalue weighted by molar-refractivity contribution is 5.78. The van der Waals surface area contributed by atoms with Crippen molar-refractivity contribution in [2.24, 2.45) is 0 Å². The Morgan fingerprint density at radius 2 is 0.918 bits per heavy atom. The van der Waals surface area contributed by atoms with E-state index in [2.05, 4.69) is 86.8 Å². The highest BCUT2D eigenvalue weighted by Gasteiger charge is 2.23. The van der Waals surface area contributed by atoms with Gasteiger partial charge >= 0.3 is 5.97 Å². The predicted octanol–water partition coefficient (Wildman–Crippen LogP) is 15.4. The summed E-state index contributed by atoms with van der Waals surface area (Å²) in [4.78, 5) is 26.0. The Bertz CT molecular complexity index is 1140. The first-order valence-corrected chi connectivity index (χ1v) is 25.7. The van der Waals surface area contributed by atoms with Gasteiger partial charge in [0.1, 0.15) is 6.10 Å². The van der Waals surface area contributed by atoms with E-state index in [0.717, 1.165) is 77.0 Å². The maximum Gasteiger partial charge on any atom is 0.306 e. The second-order valence-electron chi connectivity index (χ2n) is 17.2. The summed E-state index contributed by atoms with van der Waals surface area (Å²) >= 11 is 0. The lowest BCUT2D eigenvalue weighted by atomic mass is 10.0. The van der Waals surface area contributed by atoms with Crippen molar-refractivity contribution in [3.8, 4) is 0 Å². The number of hydrogen-bond acceptors (Lipinski definition) is 5. The van der Waals surface area contributed by atoms with E-state index in [9.17, 15) is 19.8 Å². The predicted molar refractivity (Wildman–Crippen MR) is 264 cm³/mol. The zero-order valence-corrected chi connectivity index (χ0v) is 40.0. The second-order valence-corrected chi connectivity index (χ2v) is 17.2. The van der Waals surface area contributed by atoms with Crippen LogP contribution in [0.3, 0.4) is 0 Å². The lowest BCUT2D eigenvalue weighted by Gasteiger charge is -2.23. The molecule has 0 spiro atoms. The molecule has 0 aliphatic carbocycles. The second kappa shape index (κ2) is 48.3. The van der Waals surface area contributed by atoms with E-state index >= 15 is 0 Å². The molecule has 6 heteroatoms. The Balaban J connectivity index is 4.72. The van der Waals surface area contributed by atoms with Gasteiger partial charge in [0.25, 0.3) is 0 Å². The standard InChI is InChI=1S/C55H97NO5/c1-4-7-10-13-16-19-22-25-27-30-32-35-38-41-44-47-53(58)52(50-57)56-54(59)49-51(46-43-40-37-34-31-29-26-23-20-17-14-11-8-5-2)61-55(60)48-45-42-39-36-33-28-24-21-18-15-12-9-6-3/h8,11,17,20,26,28-29,33-34,37,43,46,51-53,57-58H,4-7,9-10,12-16,18-19,21-25,27,30-32,35-36,38-42,44-45,47-50H2,1-3H3,(H,56,59)/b11-8+,20-17+,29-26+,33-28-,37-34+,46-43+. The minimum absolute atomic E-state index is 0.0535.